The van der Waals surface area contributed by atoms with Crippen LogP contribution in [0.5, 0.6) is 0 Å². The molecule has 2 N–H and O–H groups in total. The summed E-state index contributed by atoms with van der Waals surface area (Å²) in [4.78, 5) is 24.4. The van der Waals surface area contributed by atoms with Gasteiger partial charge < -0.3 is 15.1 Å². The van der Waals surface area contributed by atoms with E-state index < -0.39 is 29.7 Å². The third-order valence-electron chi connectivity index (χ3n) is 3.61. The number of aryl methyl sites for hydroxylation is 1. The predicted molar refractivity (Wildman–Crippen MR) is 68.8 cm³/mol. The Morgan fingerprint density at radius 3 is 2.70 bits per heavy atom. The molecule has 1 heterocycles. The van der Waals surface area contributed by atoms with E-state index in [1.165, 1.54) is 11.0 Å². The van der Waals surface area contributed by atoms with Crippen molar-refractivity contribution in [2.75, 3.05) is 13.1 Å². The van der Waals surface area contributed by atoms with Crippen molar-refractivity contribution >= 4 is 11.9 Å². The third kappa shape index (κ3) is 2.65. The fourth-order valence-corrected chi connectivity index (χ4v) is 2.39. The van der Waals surface area contributed by atoms with E-state index >= 15 is 0 Å². The molecule has 108 valence electrons. The van der Waals surface area contributed by atoms with Crippen LogP contribution in [0.3, 0.4) is 0 Å². The van der Waals surface area contributed by atoms with Gasteiger partial charge in [0.1, 0.15) is 5.82 Å². The number of amides is 1. The zero-order chi connectivity index (χ0) is 14.9. The van der Waals surface area contributed by atoms with Crippen molar-refractivity contribution in [2.45, 2.75) is 19.4 Å². The molecule has 1 saturated heterocycles. The number of carbonyl (C=O) groups is 2. The number of aliphatic hydroxyl groups excluding tert-OH is 1. The number of likely N-dealkylation sites (tertiary alicyclic amines) is 1. The highest BCUT2D eigenvalue weighted by Crippen LogP contribution is 2.21. The molecular formula is C14H16FNO4. The molecule has 1 amide bonds. The molecule has 1 fully saturated rings. The summed E-state index contributed by atoms with van der Waals surface area (Å²) in [7, 11) is 0. The van der Waals surface area contributed by atoms with Crippen molar-refractivity contribution in [3.63, 3.8) is 0 Å². The first kappa shape index (κ1) is 14.5. The van der Waals surface area contributed by atoms with Crippen molar-refractivity contribution in [3.05, 3.63) is 35.1 Å². The average Bonchev–Trinajstić information content (AvgIpc) is 2.40. The number of hydrogen-bond acceptors (Lipinski definition) is 3. The molecule has 6 heteroatoms. The summed E-state index contributed by atoms with van der Waals surface area (Å²) in [6.07, 6.45) is -0.964. The highest BCUT2D eigenvalue weighted by atomic mass is 19.1. The summed E-state index contributed by atoms with van der Waals surface area (Å²) in [5.41, 5.74) is 0.322. The fraction of sp³-hybridized carbons (Fsp3) is 0.429. The number of carboxylic acids is 1. The number of nitrogens with zero attached hydrogens (tertiary/aromatic N) is 1. The number of aliphatic hydroxyl groups is 1. The van der Waals surface area contributed by atoms with Gasteiger partial charge in [0.25, 0.3) is 5.91 Å². The predicted octanol–water partition coefficient (Wildman–Crippen LogP) is 1.04. The molecule has 1 aromatic carbocycles. The van der Waals surface area contributed by atoms with E-state index in [-0.39, 0.29) is 25.1 Å². The lowest BCUT2D eigenvalue weighted by Gasteiger charge is -2.34. The topological polar surface area (TPSA) is 77.8 Å². The molecule has 1 aliphatic heterocycles. The molecule has 2 atom stereocenters. The number of piperidine rings is 1. The second-order valence-corrected chi connectivity index (χ2v) is 4.99. The number of rotatable bonds is 2. The van der Waals surface area contributed by atoms with Crippen molar-refractivity contribution in [2.24, 2.45) is 5.92 Å². The number of hydrogen-bond donors (Lipinski definition) is 2. The SMILES string of the molecule is Cc1cccc(C(=O)N2CC[C@H](C(=O)O)[C@H](O)C2)c1F. The van der Waals surface area contributed by atoms with Gasteiger partial charge in [-0.25, -0.2) is 4.39 Å². The first-order valence-corrected chi connectivity index (χ1v) is 6.37. The van der Waals surface area contributed by atoms with Crippen LogP contribution in [0.4, 0.5) is 4.39 Å². The second-order valence-electron chi connectivity index (χ2n) is 4.99. The van der Waals surface area contributed by atoms with Gasteiger partial charge in [0.05, 0.1) is 17.6 Å². The van der Waals surface area contributed by atoms with E-state index in [4.69, 9.17) is 5.11 Å². The van der Waals surface area contributed by atoms with E-state index in [1.807, 2.05) is 0 Å². The minimum absolute atomic E-state index is 0.0500. The van der Waals surface area contributed by atoms with Crippen LogP contribution in [0.25, 0.3) is 0 Å². The lowest BCUT2D eigenvalue weighted by molar-refractivity contribution is -0.148. The van der Waals surface area contributed by atoms with Crippen molar-refractivity contribution in [1.29, 1.82) is 0 Å². The highest BCUT2D eigenvalue weighted by molar-refractivity contribution is 5.95. The van der Waals surface area contributed by atoms with Gasteiger partial charge in [-0.1, -0.05) is 12.1 Å². The molecule has 0 spiro atoms. The molecular weight excluding hydrogens is 265 g/mol. The van der Waals surface area contributed by atoms with Crippen LogP contribution >= 0.6 is 0 Å². The van der Waals surface area contributed by atoms with E-state index in [0.717, 1.165) is 0 Å². The molecule has 20 heavy (non-hydrogen) atoms. The summed E-state index contributed by atoms with van der Waals surface area (Å²) < 4.78 is 13.9. The smallest absolute Gasteiger partial charge is 0.309 e. The molecule has 5 nitrogen and oxygen atoms in total. The molecule has 0 saturated carbocycles. The van der Waals surface area contributed by atoms with Gasteiger partial charge in [-0.3, -0.25) is 9.59 Å². The van der Waals surface area contributed by atoms with Crippen LogP contribution in [-0.4, -0.2) is 46.2 Å². The van der Waals surface area contributed by atoms with Crippen LogP contribution in [-0.2, 0) is 4.79 Å². The van der Waals surface area contributed by atoms with Crippen LogP contribution in [0, 0.1) is 18.7 Å². The minimum Gasteiger partial charge on any atom is -0.481 e. The van der Waals surface area contributed by atoms with Gasteiger partial charge in [0.2, 0.25) is 0 Å². The number of aliphatic carboxylic acids is 1. The molecule has 0 aliphatic carbocycles. The third-order valence-corrected chi connectivity index (χ3v) is 3.61. The number of benzene rings is 1. The summed E-state index contributed by atoms with van der Waals surface area (Å²) in [5, 5.41) is 18.7. The average molecular weight is 281 g/mol. The van der Waals surface area contributed by atoms with Gasteiger partial charge in [-0.05, 0) is 25.0 Å². The second kappa shape index (κ2) is 5.58. The van der Waals surface area contributed by atoms with Crippen LogP contribution in [0.1, 0.15) is 22.3 Å². The first-order valence-electron chi connectivity index (χ1n) is 6.37. The van der Waals surface area contributed by atoms with Crippen molar-refractivity contribution < 1.29 is 24.2 Å². The molecule has 0 bridgehead atoms. The van der Waals surface area contributed by atoms with Gasteiger partial charge in [-0.15, -0.1) is 0 Å². The number of halogens is 1. The molecule has 1 aliphatic rings. The normalized spacial score (nSPS) is 22.6. The molecule has 0 unspecified atom stereocenters. The molecule has 0 radical (unpaired) electrons. The van der Waals surface area contributed by atoms with E-state index in [0.29, 0.717) is 5.56 Å². The Balaban J connectivity index is 2.15. The maximum absolute atomic E-state index is 13.9. The first-order chi connectivity index (χ1) is 9.41. The van der Waals surface area contributed by atoms with Crippen molar-refractivity contribution in [3.8, 4) is 0 Å². The van der Waals surface area contributed by atoms with Gasteiger partial charge >= 0.3 is 5.97 Å². The van der Waals surface area contributed by atoms with Crippen LogP contribution < -0.4 is 0 Å². The monoisotopic (exact) mass is 281 g/mol. The summed E-state index contributed by atoms with van der Waals surface area (Å²) in [6.45, 7) is 1.67. The van der Waals surface area contributed by atoms with Crippen LogP contribution in [0.15, 0.2) is 18.2 Å². The quantitative estimate of drug-likeness (QED) is 0.849. The Kier molecular flexibility index (Phi) is 4.04. The Bertz CT molecular complexity index is 546. The minimum atomic E-state index is -1.13. The van der Waals surface area contributed by atoms with Gasteiger partial charge in [-0.2, -0.15) is 0 Å². The maximum Gasteiger partial charge on any atom is 0.309 e. The lowest BCUT2D eigenvalue weighted by atomic mass is 9.93. The maximum atomic E-state index is 13.9. The van der Waals surface area contributed by atoms with E-state index in [1.54, 1.807) is 19.1 Å². The Morgan fingerprint density at radius 2 is 2.10 bits per heavy atom. The zero-order valence-electron chi connectivity index (χ0n) is 11.0. The molecule has 1 aromatic rings. The molecule has 2 rings (SSSR count). The van der Waals surface area contributed by atoms with Gasteiger partial charge in [0.15, 0.2) is 0 Å². The number of carbonyl (C=O) groups excluding carboxylic acids is 1. The molecule has 0 aromatic heterocycles. The van der Waals surface area contributed by atoms with Gasteiger partial charge in [0, 0.05) is 13.1 Å². The lowest BCUT2D eigenvalue weighted by Crippen LogP contribution is -2.49. The Labute approximate surface area is 115 Å². The fourth-order valence-electron chi connectivity index (χ4n) is 2.39. The van der Waals surface area contributed by atoms with E-state index in [9.17, 15) is 19.1 Å². The number of β-amino-alcohol motifs (C(OH)–C–C–N with tert-alkyl or cyclic N) is 1. The number of carboxylic acid groups (broad SMARTS) is 1. The summed E-state index contributed by atoms with van der Waals surface area (Å²) in [6, 6.07) is 4.55. The van der Waals surface area contributed by atoms with Crippen molar-refractivity contribution in [1.82, 2.24) is 4.90 Å². The summed E-state index contributed by atoms with van der Waals surface area (Å²) >= 11 is 0. The Morgan fingerprint density at radius 1 is 1.40 bits per heavy atom. The zero-order valence-corrected chi connectivity index (χ0v) is 11.0. The highest BCUT2D eigenvalue weighted by Gasteiger charge is 2.35. The van der Waals surface area contributed by atoms with Crippen LogP contribution in [0.2, 0.25) is 0 Å². The van der Waals surface area contributed by atoms with E-state index in [2.05, 4.69) is 0 Å². The largest absolute Gasteiger partial charge is 0.481 e. The standard InChI is InChI=1S/C14H16FNO4/c1-8-3-2-4-10(12(8)15)13(18)16-6-5-9(14(19)20)11(17)7-16/h2-4,9,11,17H,5-7H2,1H3,(H,19,20)/t9-,11+/m0/s1. The summed E-state index contributed by atoms with van der Waals surface area (Å²) in [5.74, 6) is -3.05. The Hall–Kier alpha value is -1.95.